The summed E-state index contributed by atoms with van der Waals surface area (Å²) in [5.74, 6) is 0.308. The van der Waals surface area contributed by atoms with Gasteiger partial charge in [0.1, 0.15) is 6.33 Å². The molecule has 0 unspecified atom stereocenters. The predicted octanol–water partition coefficient (Wildman–Crippen LogP) is 1.73. The van der Waals surface area contributed by atoms with Crippen LogP contribution in [-0.2, 0) is 27.7 Å². The highest BCUT2D eigenvalue weighted by Gasteiger charge is 2.31. The van der Waals surface area contributed by atoms with Crippen LogP contribution in [0.1, 0.15) is 36.4 Å². The van der Waals surface area contributed by atoms with E-state index in [1.165, 1.54) is 21.6 Å². The second kappa shape index (κ2) is 7.97. The number of nitrogens with zero attached hydrogens (tertiary/aromatic N) is 5. The molecule has 3 aliphatic rings. The van der Waals surface area contributed by atoms with E-state index in [0.717, 1.165) is 42.8 Å². The molecule has 1 saturated carbocycles. The minimum atomic E-state index is -3.52. The van der Waals surface area contributed by atoms with Gasteiger partial charge in [-0.05, 0) is 55.4 Å². The Morgan fingerprint density at radius 1 is 1.10 bits per heavy atom. The number of aryl methyl sites for hydroxylation is 2. The Labute approximate surface area is 180 Å². The van der Waals surface area contributed by atoms with Gasteiger partial charge in [0.15, 0.2) is 5.16 Å². The number of rotatable bonds is 6. The highest BCUT2D eigenvalue weighted by Crippen LogP contribution is 2.37. The quantitative estimate of drug-likeness (QED) is 0.627. The molecule has 30 heavy (non-hydrogen) atoms. The average molecular weight is 448 g/mol. The number of carbonyl (C=O) groups is 1. The Morgan fingerprint density at radius 3 is 2.63 bits per heavy atom. The first-order chi connectivity index (χ1) is 14.5. The smallest absolute Gasteiger partial charge is 0.243 e. The van der Waals surface area contributed by atoms with E-state index >= 15 is 0 Å². The highest BCUT2D eigenvalue weighted by molar-refractivity contribution is 7.99. The van der Waals surface area contributed by atoms with Crippen molar-refractivity contribution in [2.24, 2.45) is 0 Å². The van der Waals surface area contributed by atoms with Crippen molar-refractivity contribution in [3.8, 4) is 0 Å². The molecule has 0 atom stereocenters. The van der Waals surface area contributed by atoms with Crippen LogP contribution >= 0.6 is 11.8 Å². The average Bonchev–Trinajstić information content (AvgIpc) is 3.31. The predicted molar refractivity (Wildman–Crippen MR) is 113 cm³/mol. The number of thioether (sulfide) groups is 1. The van der Waals surface area contributed by atoms with E-state index in [9.17, 15) is 13.2 Å². The van der Waals surface area contributed by atoms with Gasteiger partial charge in [-0.15, -0.1) is 10.2 Å². The molecule has 0 bridgehead atoms. The van der Waals surface area contributed by atoms with E-state index in [1.54, 1.807) is 17.3 Å². The van der Waals surface area contributed by atoms with Crippen molar-refractivity contribution < 1.29 is 13.2 Å². The van der Waals surface area contributed by atoms with Crippen LogP contribution in [0.5, 0.6) is 0 Å². The molecule has 1 aliphatic heterocycles. The van der Waals surface area contributed by atoms with Gasteiger partial charge in [-0.1, -0.05) is 17.8 Å². The van der Waals surface area contributed by atoms with Crippen LogP contribution in [0.25, 0.3) is 0 Å². The number of hydrogen-bond donors (Lipinski definition) is 0. The molecule has 2 fully saturated rings. The number of fused-ring (bicyclic) bond motifs is 1. The molecule has 2 aliphatic carbocycles. The van der Waals surface area contributed by atoms with E-state index < -0.39 is 10.0 Å². The van der Waals surface area contributed by atoms with Gasteiger partial charge in [-0.2, -0.15) is 4.31 Å². The Bertz CT molecular complexity index is 1060. The first kappa shape index (κ1) is 20.0. The molecule has 2 aromatic rings. The van der Waals surface area contributed by atoms with E-state index in [1.807, 2.05) is 16.7 Å². The third-order valence-electron chi connectivity index (χ3n) is 6.10. The zero-order valence-electron chi connectivity index (χ0n) is 16.7. The molecule has 0 N–H and O–H groups in total. The normalized spacial score (nSPS) is 19.8. The monoisotopic (exact) mass is 447 g/mol. The van der Waals surface area contributed by atoms with Crippen LogP contribution in [0.4, 0.5) is 0 Å². The van der Waals surface area contributed by atoms with E-state index in [-0.39, 0.29) is 5.91 Å². The van der Waals surface area contributed by atoms with Gasteiger partial charge in [0.25, 0.3) is 0 Å². The molecule has 5 rings (SSSR count). The molecular weight excluding hydrogens is 422 g/mol. The van der Waals surface area contributed by atoms with Gasteiger partial charge in [0, 0.05) is 32.2 Å². The fourth-order valence-corrected chi connectivity index (χ4v) is 6.55. The van der Waals surface area contributed by atoms with Crippen molar-refractivity contribution in [1.29, 1.82) is 0 Å². The Hall–Kier alpha value is -1.91. The van der Waals surface area contributed by atoms with Gasteiger partial charge in [0.05, 0.1) is 10.6 Å². The summed E-state index contributed by atoms with van der Waals surface area (Å²) in [7, 11) is -3.52. The molecule has 160 valence electrons. The Morgan fingerprint density at radius 2 is 1.87 bits per heavy atom. The molecular formula is C20H25N5O3S2. The first-order valence-electron chi connectivity index (χ1n) is 10.4. The van der Waals surface area contributed by atoms with E-state index in [4.69, 9.17) is 0 Å². The van der Waals surface area contributed by atoms with E-state index in [2.05, 4.69) is 10.2 Å². The zero-order valence-corrected chi connectivity index (χ0v) is 18.4. The van der Waals surface area contributed by atoms with Gasteiger partial charge in [0.2, 0.25) is 15.9 Å². The fourth-order valence-electron chi connectivity index (χ4n) is 4.19. The third-order valence-corrected chi connectivity index (χ3v) is 8.94. The van der Waals surface area contributed by atoms with Gasteiger partial charge >= 0.3 is 0 Å². The Balaban J connectivity index is 1.17. The Kier molecular flexibility index (Phi) is 5.32. The minimum Gasteiger partial charge on any atom is -0.339 e. The summed E-state index contributed by atoms with van der Waals surface area (Å²) < 4.78 is 29.6. The summed E-state index contributed by atoms with van der Waals surface area (Å²) in [6, 6.07) is 5.99. The molecule has 1 saturated heterocycles. The SMILES string of the molecule is O=C(CSc1nncn1C1CC1)N1CCN(S(=O)(=O)c2ccc3c(c2)CCC3)CC1. The van der Waals surface area contributed by atoms with Gasteiger partial charge in [-0.25, -0.2) is 8.42 Å². The molecule has 10 heteroatoms. The lowest BCUT2D eigenvalue weighted by molar-refractivity contribution is -0.129. The topological polar surface area (TPSA) is 88.4 Å². The molecule has 8 nitrogen and oxygen atoms in total. The second-order valence-corrected chi connectivity index (χ2v) is 11.0. The van der Waals surface area contributed by atoms with Crippen LogP contribution in [0, 0.1) is 0 Å². The lowest BCUT2D eigenvalue weighted by Gasteiger charge is -2.34. The number of sulfonamides is 1. The fraction of sp³-hybridized carbons (Fsp3) is 0.550. The third kappa shape index (κ3) is 3.88. The number of amides is 1. The van der Waals surface area contributed by atoms with Crippen LogP contribution in [-0.4, -0.2) is 70.2 Å². The lowest BCUT2D eigenvalue weighted by Crippen LogP contribution is -2.51. The maximum atomic E-state index is 13.1. The number of hydrogen-bond acceptors (Lipinski definition) is 6. The summed E-state index contributed by atoms with van der Waals surface area (Å²) >= 11 is 1.40. The maximum absolute atomic E-state index is 13.1. The van der Waals surface area contributed by atoms with Gasteiger partial charge < -0.3 is 9.47 Å². The van der Waals surface area contributed by atoms with Crippen molar-refractivity contribution in [2.75, 3.05) is 31.9 Å². The van der Waals surface area contributed by atoms with Crippen molar-refractivity contribution in [3.63, 3.8) is 0 Å². The standard InChI is InChI=1S/C20H25N5O3S2/c26-19(13-29-20-22-21-14-25(20)17-5-6-17)23-8-10-24(11-9-23)30(27,28)18-7-4-15-2-1-3-16(15)12-18/h4,7,12,14,17H,1-3,5-6,8-11,13H2. The molecule has 1 aromatic carbocycles. The summed E-state index contributed by atoms with van der Waals surface area (Å²) in [5.41, 5.74) is 2.42. The second-order valence-electron chi connectivity index (χ2n) is 8.11. The van der Waals surface area contributed by atoms with Crippen molar-refractivity contribution in [2.45, 2.75) is 48.2 Å². The zero-order chi connectivity index (χ0) is 20.7. The molecule has 2 heterocycles. The first-order valence-corrected chi connectivity index (χ1v) is 12.9. The summed E-state index contributed by atoms with van der Waals surface area (Å²) in [5, 5.41) is 8.85. The van der Waals surface area contributed by atoms with Crippen LogP contribution in [0.2, 0.25) is 0 Å². The van der Waals surface area contributed by atoms with Crippen molar-refractivity contribution in [1.82, 2.24) is 24.0 Å². The van der Waals surface area contributed by atoms with E-state index in [0.29, 0.717) is 42.9 Å². The molecule has 1 amide bonds. The summed E-state index contributed by atoms with van der Waals surface area (Å²) in [6.45, 7) is 1.49. The van der Waals surface area contributed by atoms with Crippen molar-refractivity contribution >= 4 is 27.7 Å². The highest BCUT2D eigenvalue weighted by atomic mass is 32.2. The lowest BCUT2D eigenvalue weighted by atomic mass is 10.1. The van der Waals surface area contributed by atoms with Crippen LogP contribution < -0.4 is 0 Å². The van der Waals surface area contributed by atoms with Crippen LogP contribution in [0.3, 0.4) is 0 Å². The number of piperazine rings is 1. The molecule has 0 radical (unpaired) electrons. The molecule has 1 aromatic heterocycles. The maximum Gasteiger partial charge on any atom is 0.243 e. The van der Waals surface area contributed by atoms with Crippen LogP contribution in [0.15, 0.2) is 34.6 Å². The number of benzene rings is 1. The summed E-state index contributed by atoms with van der Waals surface area (Å²) in [4.78, 5) is 14.7. The largest absolute Gasteiger partial charge is 0.339 e. The number of carbonyl (C=O) groups excluding carboxylic acids is 1. The minimum absolute atomic E-state index is 0.0138. The summed E-state index contributed by atoms with van der Waals surface area (Å²) in [6.07, 6.45) is 7.08. The van der Waals surface area contributed by atoms with Crippen molar-refractivity contribution in [3.05, 3.63) is 35.7 Å². The molecule has 0 spiro atoms. The number of aromatic nitrogens is 3. The van der Waals surface area contributed by atoms with Gasteiger partial charge in [-0.3, -0.25) is 4.79 Å².